The van der Waals surface area contributed by atoms with Gasteiger partial charge in [0, 0.05) is 16.3 Å². The molecule has 0 aliphatic rings. The summed E-state index contributed by atoms with van der Waals surface area (Å²) < 4.78 is 42.8. The normalized spacial score (nSPS) is 12.8. The molecule has 5 aromatic rings. The van der Waals surface area contributed by atoms with Crippen LogP contribution < -0.4 is 0 Å². The van der Waals surface area contributed by atoms with Gasteiger partial charge >= 0.3 is 6.18 Å². The maximum Gasteiger partial charge on any atom is 0.394 e. The second kappa shape index (κ2) is 7.34. The number of imidazole rings is 1. The number of alkyl halides is 3. The van der Waals surface area contributed by atoms with Gasteiger partial charge in [-0.15, -0.1) is 0 Å². The van der Waals surface area contributed by atoms with Crippen LogP contribution in [0, 0.1) is 19.3 Å². The quantitative estimate of drug-likeness (QED) is 0.256. The van der Waals surface area contributed by atoms with Crippen molar-refractivity contribution in [2.24, 2.45) is 5.41 Å². The molecule has 5 rings (SSSR count). The molecular weight excluding hydrogens is 421 g/mol. The first-order chi connectivity index (χ1) is 15.6. The average molecular weight is 447 g/mol. The molecule has 2 nitrogen and oxygen atoms in total. The fourth-order valence-electron chi connectivity index (χ4n) is 4.81. The number of aromatic nitrogens is 2. The first-order valence-corrected chi connectivity index (χ1v) is 11.0. The second-order valence-electron chi connectivity index (χ2n) is 9.52. The lowest BCUT2D eigenvalue weighted by atomic mass is 9.84. The Balaban J connectivity index is 1.84. The Labute approximate surface area is 190 Å². The number of fused-ring (bicyclic) bond motifs is 6. The minimum absolute atomic E-state index is 0.0769. The molecule has 5 heteroatoms. The summed E-state index contributed by atoms with van der Waals surface area (Å²) in [5.41, 5.74) is 5.07. The summed E-state index contributed by atoms with van der Waals surface area (Å²) >= 11 is 0. The first kappa shape index (κ1) is 21.5. The number of nitrogens with zero attached hydrogens (tertiary/aromatic N) is 2. The Morgan fingerprint density at radius 3 is 2.15 bits per heavy atom. The minimum atomic E-state index is -4.27. The van der Waals surface area contributed by atoms with Crippen LogP contribution in [0.25, 0.3) is 38.6 Å². The van der Waals surface area contributed by atoms with Gasteiger partial charge in [0.2, 0.25) is 0 Å². The molecule has 0 atom stereocenters. The Kier molecular flexibility index (Phi) is 4.78. The summed E-state index contributed by atoms with van der Waals surface area (Å²) in [6.45, 7) is 6.69. The Bertz CT molecular complexity index is 1500. The monoisotopic (exact) mass is 446 g/mol. The van der Waals surface area contributed by atoms with Crippen LogP contribution in [0.2, 0.25) is 0 Å². The van der Waals surface area contributed by atoms with Gasteiger partial charge < -0.3 is 0 Å². The Hall–Kier alpha value is -3.34. The lowest BCUT2D eigenvalue weighted by molar-refractivity contribution is -0.211. The molecule has 3 aromatic carbocycles. The molecule has 168 valence electrons. The summed E-state index contributed by atoms with van der Waals surface area (Å²) in [5, 5.41) is 2.90. The molecule has 0 aliphatic carbocycles. The molecule has 0 radical (unpaired) electrons. The van der Waals surface area contributed by atoms with Crippen molar-refractivity contribution >= 4 is 27.3 Å². The van der Waals surface area contributed by atoms with Crippen molar-refractivity contribution in [3.05, 3.63) is 83.6 Å². The molecule has 2 aromatic heterocycles. The van der Waals surface area contributed by atoms with Crippen molar-refractivity contribution in [3.63, 3.8) is 0 Å². The maximum absolute atomic E-state index is 13.6. The van der Waals surface area contributed by atoms with Crippen LogP contribution >= 0.6 is 0 Å². The molecule has 0 amide bonds. The predicted molar refractivity (Wildman–Crippen MR) is 129 cm³/mol. The van der Waals surface area contributed by atoms with Crippen molar-refractivity contribution in [2.45, 2.75) is 40.3 Å². The van der Waals surface area contributed by atoms with Crippen molar-refractivity contribution in [3.8, 4) is 11.3 Å². The van der Waals surface area contributed by atoms with Crippen molar-refractivity contribution in [1.82, 2.24) is 9.38 Å². The lowest BCUT2D eigenvalue weighted by Crippen LogP contribution is -2.34. The van der Waals surface area contributed by atoms with Crippen LogP contribution in [0.5, 0.6) is 0 Å². The van der Waals surface area contributed by atoms with E-state index in [2.05, 4.69) is 30.4 Å². The van der Waals surface area contributed by atoms with E-state index in [1.807, 2.05) is 54.7 Å². The second-order valence-corrected chi connectivity index (χ2v) is 9.52. The fraction of sp³-hybridized carbons (Fsp3) is 0.250. The third kappa shape index (κ3) is 3.38. The highest BCUT2D eigenvalue weighted by molar-refractivity contribution is 6.12. The van der Waals surface area contributed by atoms with E-state index in [1.54, 1.807) is 0 Å². The van der Waals surface area contributed by atoms with Crippen molar-refractivity contribution in [1.29, 1.82) is 0 Å². The maximum atomic E-state index is 13.6. The summed E-state index contributed by atoms with van der Waals surface area (Å²) in [6, 6.07) is 19.9. The van der Waals surface area contributed by atoms with Crippen molar-refractivity contribution < 1.29 is 13.2 Å². The van der Waals surface area contributed by atoms with Crippen LogP contribution in [0.1, 0.15) is 30.5 Å². The minimum Gasteiger partial charge on any atom is -0.292 e. The number of hydrogen-bond acceptors (Lipinski definition) is 1. The zero-order valence-electron chi connectivity index (χ0n) is 19.1. The molecule has 0 aliphatic heterocycles. The summed E-state index contributed by atoms with van der Waals surface area (Å²) in [7, 11) is 0. The molecule has 0 bridgehead atoms. The zero-order chi connectivity index (χ0) is 23.5. The van der Waals surface area contributed by atoms with E-state index < -0.39 is 11.6 Å². The molecule has 0 unspecified atom stereocenters. The topological polar surface area (TPSA) is 17.3 Å². The third-order valence-electron chi connectivity index (χ3n) is 6.67. The van der Waals surface area contributed by atoms with E-state index >= 15 is 0 Å². The molecule has 0 fully saturated rings. The van der Waals surface area contributed by atoms with E-state index in [-0.39, 0.29) is 6.42 Å². The number of benzene rings is 3. The van der Waals surface area contributed by atoms with Gasteiger partial charge in [0.15, 0.2) is 0 Å². The number of pyridine rings is 1. The van der Waals surface area contributed by atoms with Gasteiger partial charge in [-0.05, 0) is 54.5 Å². The number of aryl methyl sites for hydroxylation is 2. The largest absolute Gasteiger partial charge is 0.394 e. The SMILES string of the molecule is Cc1cccc(C)c1-c1cnc2c3ccccc3c3cc(CC(C)(C)C(F)(F)F)ccc3n12. The van der Waals surface area contributed by atoms with Gasteiger partial charge in [-0.3, -0.25) is 4.40 Å². The molecule has 0 saturated carbocycles. The number of hydrogen-bond donors (Lipinski definition) is 0. The first-order valence-electron chi connectivity index (χ1n) is 11.0. The summed E-state index contributed by atoms with van der Waals surface area (Å²) in [4.78, 5) is 4.78. The van der Waals surface area contributed by atoms with Crippen LogP contribution in [0.4, 0.5) is 13.2 Å². The van der Waals surface area contributed by atoms with Crippen molar-refractivity contribution in [2.75, 3.05) is 0 Å². The number of rotatable bonds is 3. The smallest absolute Gasteiger partial charge is 0.292 e. The molecule has 33 heavy (non-hydrogen) atoms. The Morgan fingerprint density at radius 2 is 1.48 bits per heavy atom. The van der Waals surface area contributed by atoms with Gasteiger partial charge in [0.1, 0.15) is 5.65 Å². The fourth-order valence-corrected chi connectivity index (χ4v) is 4.81. The Morgan fingerprint density at radius 1 is 0.818 bits per heavy atom. The summed E-state index contributed by atoms with van der Waals surface area (Å²) in [5.74, 6) is 0. The van der Waals surface area contributed by atoms with Crippen LogP contribution in [-0.2, 0) is 6.42 Å². The molecule has 2 heterocycles. The highest BCUT2D eigenvalue weighted by atomic mass is 19.4. The van der Waals surface area contributed by atoms with E-state index in [1.165, 1.54) is 13.8 Å². The highest BCUT2D eigenvalue weighted by Gasteiger charge is 2.47. The molecule has 0 spiro atoms. The van der Waals surface area contributed by atoms with Crippen LogP contribution in [0.3, 0.4) is 0 Å². The van der Waals surface area contributed by atoms with Gasteiger partial charge in [0.05, 0.1) is 22.8 Å². The molecule has 0 saturated heterocycles. The highest BCUT2D eigenvalue weighted by Crippen LogP contribution is 2.41. The van der Waals surface area contributed by atoms with E-state index in [0.717, 1.165) is 49.7 Å². The van der Waals surface area contributed by atoms with E-state index in [9.17, 15) is 13.2 Å². The van der Waals surface area contributed by atoms with E-state index in [4.69, 9.17) is 4.98 Å². The predicted octanol–water partition coefficient (Wildman–Crippen LogP) is 8.06. The zero-order valence-corrected chi connectivity index (χ0v) is 19.1. The summed E-state index contributed by atoms with van der Waals surface area (Å²) in [6.07, 6.45) is -2.45. The van der Waals surface area contributed by atoms with E-state index in [0.29, 0.717) is 5.56 Å². The molecular formula is C28H25F3N2. The average Bonchev–Trinajstić information content (AvgIpc) is 3.18. The lowest BCUT2D eigenvalue weighted by Gasteiger charge is -2.28. The van der Waals surface area contributed by atoms with Gasteiger partial charge in [-0.2, -0.15) is 13.2 Å². The van der Waals surface area contributed by atoms with Gasteiger partial charge in [-0.1, -0.05) is 62.4 Å². The third-order valence-corrected chi connectivity index (χ3v) is 6.67. The van der Waals surface area contributed by atoms with Gasteiger partial charge in [-0.25, -0.2) is 4.98 Å². The molecule has 0 N–H and O–H groups in total. The standard InChI is InChI=1S/C28H25F3N2/c1-17-8-7-9-18(2)25(17)24-16-32-26-21-11-6-5-10-20(21)22-14-19(12-13-23(22)33(24)26)15-27(3,4)28(29,30)31/h5-14,16H,15H2,1-4H3. The van der Waals surface area contributed by atoms with Gasteiger partial charge in [0.25, 0.3) is 0 Å². The van der Waals surface area contributed by atoms with Crippen LogP contribution in [-0.4, -0.2) is 15.6 Å². The number of halogens is 3. The van der Waals surface area contributed by atoms with Crippen LogP contribution in [0.15, 0.2) is 66.9 Å².